The Bertz CT molecular complexity index is 250. The number of thioether (sulfide) groups is 2. The fourth-order valence-corrected chi connectivity index (χ4v) is 5.32. The first-order chi connectivity index (χ1) is 8.04. The van der Waals surface area contributed by atoms with E-state index in [1.807, 2.05) is 44.3 Å². The second-order valence-corrected chi connectivity index (χ2v) is 7.40. The van der Waals surface area contributed by atoms with Crippen LogP contribution in [0.25, 0.3) is 0 Å². The first-order valence-corrected chi connectivity index (χ1v) is 8.00. The molecule has 0 bridgehead atoms. The summed E-state index contributed by atoms with van der Waals surface area (Å²) in [7, 11) is 1.61. The number of hydrogen-bond donors (Lipinski definition) is 0. The van der Waals surface area contributed by atoms with E-state index in [1.54, 1.807) is 7.11 Å². The molecule has 0 aromatic heterocycles. The Morgan fingerprint density at radius 3 is 2.47 bits per heavy atom. The smallest absolute Gasteiger partial charge is 0.146 e. The number of ether oxygens (including phenoxy) is 2. The van der Waals surface area contributed by atoms with Gasteiger partial charge in [-0.15, -0.1) is 23.5 Å². The van der Waals surface area contributed by atoms with Gasteiger partial charge in [0.1, 0.15) is 12.6 Å². The van der Waals surface area contributed by atoms with Crippen LogP contribution in [-0.4, -0.2) is 41.9 Å². The highest BCUT2D eigenvalue weighted by Crippen LogP contribution is 2.42. The van der Waals surface area contributed by atoms with E-state index < -0.39 is 5.41 Å². The molecule has 0 N–H and O–H groups in total. The topological polar surface area (TPSA) is 35.5 Å². The molecule has 0 aromatic rings. The third kappa shape index (κ3) is 3.88. The normalized spacial score (nSPS) is 19.5. The van der Waals surface area contributed by atoms with Crippen LogP contribution < -0.4 is 0 Å². The highest BCUT2D eigenvalue weighted by Gasteiger charge is 2.42. The molecule has 0 amide bonds. The number of Topliss-reactive ketones (excluding diaryl/α,β-unsaturated/α-hetero) is 1. The van der Waals surface area contributed by atoms with Crippen molar-refractivity contribution in [2.75, 3.05) is 25.4 Å². The van der Waals surface area contributed by atoms with Gasteiger partial charge in [-0.25, -0.2) is 0 Å². The van der Waals surface area contributed by atoms with Crippen molar-refractivity contribution < 1.29 is 14.3 Å². The van der Waals surface area contributed by atoms with Crippen LogP contribution in [0.5, 0.6) is 0 Å². The number of methoxy groups -OCH3 is 1. The quantitative estimate of drug-likeness (QED) is 0.669. The second kappa shape index (κ2) is 7.02. The average Bonchev–Trinajstić information content (AvgIpc) is 2.81. The second-order valence-electron chi connectivity index (χ2n) is 4.60. The number of hydrogen-bond acceptors (Lipinski definition) is 5. The predicted molar refractivity (Wildman–Crippen MR) is 74.5 cm³/mol. The molecule has 1 aliphatic heterocycles. The van der Waals surface area contributed by atoms with Crippen LogP contribution >= 0.6 is 23.5 Å². The summed E-state index contributed by atoms with van der Waals surface area (Å²) in [5.41, 5.74) is -0.442. The predicted octanol–water partition coefficient (Wildman–Crippen LogP) is 2.79. The van der Waals surface area contributed by atoms with E-state index in [9.17, 15) is 4.79 Å². The Kier molecular flexibility index (Phi) is 6.34. The Balaban J connectivity index is 2.76. The number of carbonyl (C=O) groups is 1. The highest BCUT2D eigenvalue weighted by molar-refractivity contribution is 8.20. The van der Waals surface area contributed by atoms with Crippen molar-refractivity contribution in [3.05, 3.63) is 0 Å². The Hall–Kier alpha value is 0.290. The van der Waals surface area contributed by atoms with E-state index in [0.29, 0.717) is 11.0 Å². The van der Waals surface area contributed by atoms with Gasteiger partial charge in [-0.3, -0.25) is 4.79 Å². The molecule has 1 heterocycles. The van der Waals surface area contributed by atoms with Crippen molar-refractivity contribution in [2.45, 2.75) is 37.9 Å². The molecule has 0 spiro atoms. The zero-order chi connectivity index (χ0) is 12.9. The molecule has 17 heavy (non-hydrogen) atoms. The molecule has 0 unspecified atom stereocenters. The van der Waals surface area contributed by atoms with Gasteiger partial charge in [0, 0.05) is 25.0 Å². The lowest BCUT2D eigenvalue weighted by Crippen LogP contribution is -2.44. The first-order valence-electron chi connectivity index (χ1n) is 5.91. The van der Waals surface area contributed by atoms with Gasteiger partial charge in [-0.05, 0) is 0 Å². The van der Waals surface area contributed by atoms with E-state index in [4.69, 9.17) is 9.47 Å². The van der Waals surface area contributed by atoms with E-state index >= 15 is 0 Å². The summed E-state index contributed by atoms with van der Waals surface area (Å²) in [5, 5.41) is 0. The monoisotopic (exact) mass is 278 g/mol. The zero-order valence-electron chi connectivity index (χ0n) is 11.0. The van der Waals surface area contributed by atoms with Gasteiger partial charge in [0.15, 0.2) is 0 Å². The third-order valence-corrected chi connectivity index (χ3v) is 6.12. The fourth-order valence-electron chi connectivity index (χ4n) is 1.93. The molecular weight excluding hydrogens is 256 g/mol. The maximum atomic E-state index is 12.1. The van der Waals surface area contributed by atoms with Crippen molar-refractivity contribution in [2.24, 2.45) is 5.41 Å². The summed E-state index contributed by atoms with van der Waals surface area (Å²) in [5.74, 6) is 2.53. The van der Waals surface area contributed by atoms with E-state index in [2.05, 4.69) is 0 Å². The molecular formula is C12H22O3S2. The van der Waals surface area contributed by atoms with Gasteiger partial charge in [-0.1, -0.05) is 20.8 Å². The molecule has 5 heteroatoms. The van der Waals surface area contributed by atoms with Crippen molar-refractivity contribution in [3.8, 4) is 0 Å². The lowest BCUT2D eigenvalue weighted by molar-refractivity contribution is -0.144. The Morgan fingerprint density at radius 2 is 2.00 bits per heavy atom. The molecule has 1 atom stereocenters. The molecule has 0 radical (unpaired) electrons. The van der Waals surface area contributed by atoms with E-state index in [-0.39, 0.29) is 18.7 Å². The molecule has 1 fully saturated rings. The number of carbonyl (C=O) groups excluding carboxylic acids is 1. The number of rotatable bonds is 7. The van der Waals surface area contributed by atoms with Crippen molar-refractivity contribution in [1.29, 1.82) is 0 Å². The molecule has 3 nitrogen and oxygen atoms in total. The summed E-state index contributed by atoms with van der Waals surface area (Å²) in [6.07, 6.45) is 0.481. The maximum absolute atomic E-state index is 12.1. The molecule has 0 aliphatic carbocycles. The lowest BCUT2D eigenvalue weighted by Gasteiger charge is -2.35. The van der Waals surface area contributed by atoms with Gasteiger partial charge in [0.2, 0.25) is 0 Å². The zero-order valence-corrected chi connectivity index (χ0v) is 12.7. The van der Waals surface area contributed by atoms with E-state index in [0.717, 1.165) is 11.5 Å². The van der Waals surface area contributed by atoms with Crippen LogP contribution in [0.2, 0.25) is 0 Å². The van der Waals surface area contributed by atoms with E-state index in [1.165, 1.54) is 0 Å². The van der Waals surface area contributed by atoms with Crippen LogP contribution in [-0.2, 0) is 14.3 Å². The summed E-state index contributed by atoms with van der Waals surface area (Å²) >= 11 is 3.77. The summed E-state index contributed by atoms with van der Waals surface area (Å²) in [6, 6.07) is 0. The van der Waals surface area contributed by atoms with Crippen molar-refractivity contribution >= 4 is 29.3 Å². The average molecular weight is 278 g/mol. The van der Waals surface area contributed by atoms with Crippen LogP contribution in [0.15, 0.2) is 0 Å². The standard InChI is InChI=1S/C12H22O3S2/c1-5-9(13)12(2,3)10(15-8-14-4)11-16-6-7-17-11/h10-11H,5-8H2,1-4H3/t10-/m0/s1. The van der Waals surface area contributed by atoms with Crippen LogP contribution in [0.4, 0.5) is 0 Å². The SMILES string of the molecule is CCC(=O)C(C)(C)[C@@H](OCOC)C1SCCS1. The lowest BCUT2D eigenvalue weighted by atomic mass is 9.81. The molecule has 0 aromatic carbocycles. The molecule has 100 valence electrons. The minimum Gasteiger partial charge on any atom is -0.359 e. The van der Waals surface area contributed by atoms with Crippen molar-refractivity contribution in [3.63, 3.8) is 0 Å². The first kappa shape index (κ1) is 15.3. The van der Waals surface area contributed by atoms with Crippen LogP contribution in [0, 0.1) is 5.41 Å². The Labute approximate surface area is 112 Å². The molecule has 1 aliphatic rings. The van der Waals surface area contributed by atoms with Gasteiger partial charge in [0.25, 0.3) is 0 Å². The minimum atomic E-state index is -0.442. The molecule has 1 saturated heterocycles. The fraction of sp³-hybridized carbons (Fsp3) is 0.917. The minimum absolute atomic E-state index is 0.0765. The highest BCUT2D eigenvalue weighted by atomic mass is 32.2. The number of ketones is 1. The Morgan fingerprint density at radius 1 is 1.41 bits per heavy atom. The van der Waals surface area contributed by atoms with Gasteiger partial charge < -0.3 is 9.47 Å². The third-order valence-electron chi connectivity index (χ3n) is 3.01. The van der Waals surface area contributed by atoms with Crippen LogP contribution in [0.3, 0.4) is 0 Å². The summed E-state index contributed by atoms with van der Waals surface area (Å²) < 4.78 is 11.1. The largest absolute Gasteiger partial charge is 0.359 e. The van der Waals surface area contributed by atoms with Crippen molar-refractivity contribution in [1.82, 2.24) is 0 Å². The summed E-state index contributed by atoms with van der Waals surface area (Å²) in [4.78, 5) is 12.1. The van der Waals surface area contributed by atoms with Gasteiger partial charge in [0.05, 0.1) is 16.1 Å². The van der Waals surface area contributed by atoms with Gasteiger partial charge >= 0.3 is 0 Å². The molecule has 1 rings (SSSR count). The molecule has 0 saturated carbocycles. The summed E-state index contributed by atoms with van der Waals surface area (Å²) in [6.45, 7) is 6.13. The maximum Gasteiger partial charge on any atom is 0.146 e. The van der Waals surface area contributed by atoms with Crippen LogP contribution in [0.1, 0.15) is 27.2 Å². The van der Waals surface area contributed by atoms with Gasteiger partial charge in [-0.2, -0.15) is 0 Å².